The standard InChI is InChI=1S/C21H21ClN4O3/c1-29-19-7-6-14(22)12-18(19)24-21(28)25-10-8-15(9-11-25)26-13-23-17-5-3-2-4-16(17)20(26)27/h2-7,12-13,15H,8-11H2,1H3,(H,24,28). The third-order valence-electron chi connectivity index (χ3n) is 5.24. The highest BCUT2D eigenvalue weighted by Crippen LogP contribution is 2.29. The van der Waals surface area contributed by atoms with Crippen molar-refractivity contribution in [2.45, 2.75) is 18.9 Å². The maximum absolute atomic E-state index is 12.8. The van der Waals surface area contributed by atoms with Gasteiger partial charge in [0.05, 0.1) is 30.0 Å². The van der Waals surface area contributed by atoms with Crippen LogP contribution < -0.4 is 15.6 Å². The van der Waals surface area contributed by atoms with E-state index in [2.05, 4.69) is 10.3 Å². The Bertz CT molecular complexity index is 1110. The van der Waals surface area contributed by atoms with Crippen LogP contribution in [-0.2, 0) is 0 Å². The zero-order chi connectivity index (χ0) is 20.4. The monoisotopic (exact) mass is 412 g/mol. The topological polar surface area (TPSA) is 76.5 Å². The van der Waals surface area contributed by atoms with Crippen molar-refractivity contribution in [2.75, 3.05) is 25.5 Å². The van der Waals surface area contributed by atoms with Crippen LogP contribution in [0.2, 0.25) is 5.02 Å². The fourth-order valence-electron chi connectivity index (χ4n) is 3.66. The van der Waals surface area contributed by atoms with Gasteiger partial charge in [-0.2, -0.15) is 0 Å². The number of methoxy groups -OCH3 is 1. The average Bonchev–Trinajstić information content (AvgIpc) is 2.74. The number of piperidine rings is 1. The molecule has 2 aromatic carbocycles. The molecule has 0 spiro atoms. The third kappa shape index (κ3) is 3.91. The van der Waals surface area contributed by atoms with Gasteiger partial charge in [0.25, 0.3) is 5.56 Å². The lowest BCUT2D eigenvalue weighted by Gasteiger charge is -2.32. The van der Waals surface area contributed by atoms with Crippen molar-refractivity contribution in [1.29, 1.82) is 0 Å². The number of para-hydroxylation sites is 1. The number of rotatable bonds is 3. The summed E-state index contributed by atoms with van der Waals surface area (Å²) in [4.78, 5) is 31.6. The van der Waals surface area contributed by atoms with E-state index < -0.39 is 0 Å². The molecule has 1 saturated heterocycles. The number of aromatic nitrogens is 2. The molecule has 1 N–H and O–H groups in total. The van der Waals surface area contributed by atoms with Crippen LogP contribution in [0.15, 0.2) is 53.6 Å². The average molecular weight is 413 g/mol. The fraction of sp³-hybridized carbons (Fsp3) is 0.286. The Hall–Kier alpha value is -3.06. The molecule has 1 aliphatic rings. The van der Waals surface area contributed by atoms with Gasteiger partial charge in [-0.1, -0.05) is 23.7 Å². The number of anilines is 1. The van der Waals surface area contributed by atoms with E-state index in [0.29, 0.717) is 53.3 Å². The Morgan fingerprint density at radius 2 is 1.97 bits per heavy atom. The predicted octanol–water partition coefficient (Wildman–Crippen LogP) is 3.93. The number of nitrogens with zero attached hydrogens (tertiary/aromatic N) is 3. The first kappa shape index (κ1) is 19.3. The summed E-state index contributed by atoms with van der Waals surface area (Å²) < 4.78 is 6.97. The van der Waals surface area contributed by atoms with Crippen LogP contribution in [0.3, 0.4) is 0 Å². The molecule has 8 heteroatoms. The lowest BCUT2D eigenvalue weighted by atomic mass is 10.0. The maximum atomic E-state index is 12.8. The summed E-state index contributed by atoms with van der Waals surface area (Å²) in [5.41, 5.74) is 1.19. The van der Waals surface area contributed by atoms with Crippen LogP contribution in [0.1, 0.15) is 18.9 Å². The minimum absolute atomic E-state index is 0.0179. The highest BCUT2D eigenvalue weighted by molar-refractivity contribution is 6.31. The number of carbonyl (C=O) groups is 1. The van der Waals surface area contributed by atoms with Crippen molar-refractivity contribution < 1.29 is 9.53 Å². The summed E-state index contributed by atoms with van der Waals surface area (Å²) in [6.07, 6.45) is 2.97. The van der Waals surface area contributed by atoms with E-state index in [1.165, 1.54) is 0 Å². The van der Waals surface area contributed by atoms with E-state index in [1.807, 2.05) is 18.2 Å². The van der Waals surface area contributed by atoms with E-state index >= 15 is 0 Å². The Kier molecular flexibility index (Phi) is 5.40. The van der Waals surface area contributed by atoms with Crippen LogP contribution in [0.5, 0.6) is 5.75 Å². The minimum Gasteiger partial charge on any atom is -0.495 e. The number of amides is 2. The van der Waals surface area contributed by atoms with Crippen molar-refractivity contribution in [3.63, 3.8) is 0 Å². The molecule has 1 aliphatic heterocycles. The van der Waals surface area contributed by atoms with E-state index in [4.69, 9.17) is 16.3 Å². The van der Waals surface area contributed by atoms with Gasteiger partial charge in [0.1, 0.15) is 5.75 Å². The summed E-state index contributed by atoms with van der Waals surface area (Å²) in [5, 5.41) is 3.99. The largest absolute Gasteiger partial charge is 0.495 e. The number of nitrogens with one attached hydrogen (secondary N) is 1. The van der Waals surface area contributed by atoms with Gasteiger partial charge in [0.2, 0.25) is 0 Å². The van der Waals surface area contributed by atoms with Crippen molar-refractivity contribution in [1.82, 2.24) is 14.5 Å². The van der Waals surface area contributed by atoms with Crippen LogP contribution in [0.4, 0.5) is 10.5 Å². The molecule has 0 saturated carbocycles. The quantitative estimate of drug-likeness (QED) is 0.707. The zero-order valence-electron chi connectivity index (χ0n) is 16.0. The van der Waals surface area contributed by atoms with Crippen molar-refractivity contribution >= 4 is 34.2 Å². The number of urea groups is 1. The summed E-state index contributed by atoms with van der Waals surface area (Å²) in [6, 6.07) is 12.2. The van der Waals surface area contributed by atoms with Gasteiger partial charge in [-0.15, -0.1) is 0 Å². The summed E-state index contributed by atoms with van der Waals surface area (Å²) in [5.74, 6) is 0.548. The number of carbonyl (C=O) groups excluding carboxylic acids is 1. The zero-order valence-corrected chi connectivity index (χ0v) is 16.7. The first-order chi connectivity index (χ1) is 14.1. The van der Waals surface area contributed by atoms with Gasteiger partial charge >= 0.3 is 6.03 Å². The lowest BCUT2D eigenvalue weighted by Crippen LogP contribution is -2.42. The molecule has 1 fully saturated rings. The minimum atomic E-state index is -0.215. The molecule has 2 amide bonds. The molecular formula is C21H21ClN4O3. The molecule has 0 bridgehead atoms. The number of benzene rings is 2. The maximum Gasteiger partial charge on any atom is 0.321 e. The van der Waals surface area contributed by atoms with Gasteiger partial charge in [0, 0.05) is 24.2 Å². The summed E-state index contributed by atoms with van der Waals surface area (Å²) in [6.45, 7) is 1.08. The fourth-order valence-corrected chi connectivity index (χ4v) is 3.83. The lowest BCUT2D eigenvalue weighted by molar-refractivity contribution is 0.182. The number of hydrogen-bond donors (Lipinski definition) is 1. The van der Waals surface area contributed by atoms with Gasteiger partial charge in [0.15, 0.2) is 0 Å². The molecule has 4 rings (SSSR count). The molecule has 3 aromatic rings. The molecule has 150 valence electrons. The molecule has 29 heavy (non-hydrogen) atoms. The van der Waals surface area contributed by atoms with E-state index in [1.54, 1.807) is 47.2 Å². The molecule has 0 radical (unpaired) electrons. The molecule has 2 heterocycles. The SMILES string of the molecule is COc1ccc(Cl)cc1NC(=O)N1CCC(n2cnc3ccccc3c2=O)CC1. The Morgan fingerprint density at radius 1 is 1.21 bits per heavy atom. The number of halogens is 1. The van der Waals surface area contributed by atoms with Gasteiger partial charge in [-0.3, -0.25) is 9.36 Å². The van der Waals surface area contributed by atoms with Gasteiger partial charge in [-0.25, -0.2) is 9.78 Å². The molecular weight excluding hydrogens is 392 g/mol. The second-order valence-corrected chi connectivity index (χ2v) is 7.40. The second-order valence-electron chi connectivity index (χ2n) is 6.97. The number of ether oxygens (including phenoxy) is 1. The number of likely N-dealkylation sites (tertiary alicyclic amines) is 1. The first-order valence-corrected chi connectivity index (χ1v) is 9.80. The normalized spacial score (nSPS) is 14.8. The molecule has 7 nitrogen and oxygen atoms in total. The molecule has 1 aromatic heterocycles. The van der Waals surface area contributed by atoms with Crippen LogP contribution >= 0.6 is 11.6 Å². The van der Waals surface area contributed by atoms with Crippen molar-refractivity contribution in [2.24, 2.45) is 0 Å². The number of fused-ring (bicyclic) bond motifs is 1. The van der Waals surface area contributed by atoms with Gasteiger partial charge in [-0.05, 0) is 43.2 Å². The predicted molar refractivity (Wildman–Crippen MR) is 113 cm³/mol. The Labute approximate surface area is 172 Å². The first-order valence-electron chi connectivity index (χ1n) is 9.42. The number of hydrogen-bond acceptors (Lipinski definition) is 4. The third-order valence-corrected chi connectivity index (χ3v) is 5.47. The van der Waals surface area contributed by atoms with E-state index in [9.17, 15) is 9.59 Å². The van der Waals surface area contributed by atoms with Gasteiger partial charge < -0.3 is 15.0 Å². The highest BCUT2D eigenvalue weighted by atomic mass is 35.5. The van der Waals surface area contributed by atoms with E-state index in [0.717, 1.165) is 0 Å². The second kappa shape index (κ2) is 8.13. The Morgan fingerprint density at radius 3 is 2.72 bits per heavy atom. The summed E-state index contributed by atoms with van der Waals surface area (Å²) in [7, 11) is 1.54. The highest BCUT2D eigenvalue weighted by Gasteiger charge is 2.25. The van der Waals surface area contributed by atoms with Crippen molar-refractivity contribution in [3.05, 3.63) is 64.2 Å². The summed E-state index contributed by atoms with van der Waals surface area (Å²) >= 11 is 6.03. The van der Waals surface area contributed by atoms with Crippen LogP contribution in [0.25, 0.3) is 10.9 Å². The van der Waals surface area contributed by atoms with Crippen LogP contribution in [0, 0.1) is 0 Å². The Balaban J connectivity index is 1.45. The smallest absolute Gasteiger partial charge is 0.321 e. The van der Waals surface area contributed by atoms with Crippen molar-refractivity contribution in [3.8, 4) is 5.75 Å². The van der Waals surface area contributed by atoms with Crippen LogP contribution in [-0.4, -0.2) is 40.7 Å². The van der Waals surface area contributed by atoms with E-state index in [-0.39, 0.29) is 17.6 Å². The molecule has 0 aliphatic carbocycles. The molecule has 0 atom stereocenters. The molecule has 0 unspecified atom stereocenters.